The number of benzene rings is 1. The summed E-state index contributed by atoms with van der Waals surface area (Å²) in [5.74, 6) is 0. The average molecular weight is 265 g/mol. The van der Waals surface area contributed by atoms with E-state index in [0.717, 1.165) is 11.2 Å². The van der Waals surface area contributed by atoms with Crippen molar-refractivity contribution in [2.45, 2.75) is 27.3 Å². The first-order valence-electron chi connectivity index (χ1n) is 6.86. The first-order chi connectivity index (χ1) is 9.61. The minimum Gasteiger partial charge on any atom is -0.326 e. The Kier molecular flexibility index (Phi) is 3.07. The first-order valence-corrected chi connectivity index (χ1v) is 6.86. The molecule has 2 heterocycles. The van der Waals surface area contributed by atoms with Gasteiger partial charge in [-0.3, -0.25) is 4.98 Å². The van der Waals surface area contributed by atoms with Crippen molar-refractivity contribution in [1.82, 2.24) is 9.55 Å². The van der Waals surface area contributed by atoms with Crippen molar-refractivity contribution in [3.63, 3.8) is 0 Å². The van der Waals surface area contributed by atoms with Crippen LogP contribution in [-0.2, 0) is 6.54 Å². The summed E-state index contributed by atoms with van der Waals surface area (Å²) in [6.45, 7) is 6.85. The number of rotatable bonds is 2. The maximum Gasteiger partial charge on any atom is 0.0726 e. The minimum absolute atomic E-state index is 0.571. The zero-order valence-corrected chi connectivity index (χ0v) is 12.1. The van der Waals surface area contributed by atoms with Gasteiger partial charge in [-0.2, -0.15) is 0 Å². The number of nitrogens with two attached hydrogens (primary N) is 1. The van der Waals surface area contributed by atoms with E-state index in [9.17, 15) is 0 Å². The Hall–Kier alpha value is -2.13. The Morgan fingerprint density at radius 3 is 2.55 bits per heavy atom. The number of hydrogen-bond acceptors (Lipinski definition) is 2. The molecule has 0 atom stereocenters. The molecule has 20 heavy (non-hydrogen) atoms. The zero-order valence-electron chi connectivity index (χ0n) is 12.1. The van der Waals surface area contributed by atoms with Crippen LogP contribution in [-0.4, -0.2) is 9.55 Å². The van der Waals surface area contributed by atoms with Crippen LogP contribution in [0.15, 0.2) is 36.4 Å². The van der Waals surface area contributed by atoms with E-state index in [4.69, 9.17) is 5.73 Å². The van der Waals surface area contributed by atoms with E-state index in [1.807, 2.05) is 13.0 Å². The third-order valence-corrected chi connectivity index (χ3v) is 3.82. The van der Waals surface area contributed by atoms with Gasteiger partial charge < -0.3 is 10.3 Å². The van der Waals surface area contributed by atoms with Crippen LogP contribution < -0.4 is 5.73 Å². The molecule has 2 aromatic heterocycles. The van der Waals surface area contributed by atoms with Gasteiger partial charge in [0.05, 0.1) is 11.2 Å². The van der Waals surface area contributed by atoms with E-state index in [0.29, 0.717) is 6.54 Å². The smallest absolute Gasteiger partial charge is 0.0726 e. The number of aromatic nitrogens is 2. The lowest BCUT2D eigenvalue weighted by atomic mass is 10.1. The van der Waals surface area contributed by atoms with E-state index in [-0.39, 0.29) is 0 Å². The number of hydrogen-bond donors (Lipinski definition) is 1. The van der Waals surface area contributed by atoms with E-state index < -0.39 is 0 Å². The maximum atomic E-state index is 5.83. The number of nitrogens with zero attached hydrogens (tertiary/aromatic N) is 2. The average Bonchev–Trinajstić information content (AvgIpc) is 2.72. The summed E-state index contributed by atoms with van der Waals surface area (Å²) >= 11 is 0. The summed E-state index contributed by atoms with van der Waals surface area (Å²) in [5, 5.41) is 1.17. The molecule has 0 unspecified atom stereocenters. The van der Waals surface area contributed by atoms with Gasteiger partial charge in [0.2, 0.25) is 0 Å². The summed E-state index contributed by atoms with van der Waals surface area (Å²) in [7, 11) is 0. The fourth-order valence-electron chi connectivity index (χ4n) is 2.88. The molecule has 0 radical (unpaired) electrons. The summed E-state index contributed by atoms with van der Waals surface area (Å²) in [5.41, 5.74) is 12.7. The molecule has 3 aromatic rings. The number of aryl methyl sites for hydroxylation is 2. The molecule has 0 spiro atoms. The Morgan fingerprint density at radius 2 is 1.85 bits per heavy atom. The molecule has 102 valence electrons. The molecule has 3 nitrogen and oxygen atoms in total. The molecule has 0 amide bonds. The zero-order chi connectivity index (χ0) is 14.3. The van der Waals surface area contributed by atoms with Crippen molar-refractivity contribution >= 4 is 10.9 Å². The van der Waals surface area contributed by atoms with Gasteiger partial charge in [0.1, 0.15) is 0 Å². The highest BCUT2D eigenvalue weighted by molar-refractivity contribution is 5.87. The number of pyridine rings is 1. The number of para-hydroxylation sites is 1. The molecule has 0 aliphatic rings. The van der Waals surface area contributed by atoms with Gasteiger partial charge in [-0.1, -0.05) is 18.2 Å². The third-order valence-electron chi connectivity index (χ3n) is 3.82. The second-order valence-electron chi connectivity index (χ2n) is 5.24. The molecule has 0 bridgehead atoms. The summed E-state index contributed by atoms with van der Waals surface area (Å²) in [4.78, 5) is 4.61. The molecule has 3 rings (SSSR count). The largest absolute Gasteiger partial charge is 0.326 e. The fraction of sp³-hybridized carbons (Fsp3) is 0.235. The lowest BCUT2D eigenvalue weighted by molar-refractivity contribution is 0.945. The van der Waals surface area contributed by atoms with Crippen LogP contribution in [0.25, 0.3) is 16.6 Å². The molecular formula is C17H19N3. The van der Waals surface area contributed by atoms with Crippen molar-refractivity contribution in [3.8, 4) is 5.69 Å². The van der Waals surface area contributed by atoms with Gasteiger partial charge in [-0.05, 0) is 44.5 Å². The van der Waals surface area contributed by atoms with Gasteiger partial charge in [0.15, 0.2) is 0 Å². The highest BCUT2D eigenvalue weighted by Gasteiger charge is 2.12. The molecular weight excluding hydrogens is 246 g/mol. The van der Waals surface area contributed by atoms with Crippen molar-refractivity contribution in [2.24, 2.45) is 5.73 Å². The van der Waals surface area contributed by atoms with E-state index in [2.05, 4.69) is 53.7 Å². The number of fused-ring (bicyclic) bond motifs is 1. The predicted molar refractivity (Wildman–Crippen MR) is 83.2 cm³/mol. The lowest BCUT2D eigenvalue weighted by Crippen LogP contribution is -2.03. The van der Waals surface area contributed by atoms with Crippen molar-refractivity contribution < 1.29 is 0 Å². The Morgan fingerprint density at radius 1 is 1.10 bits per heavy atom. The summed E-state index contributed by atoms with van der Waals surface area (Å²) < 4.78 is 2.28. The quantitative estimate of drug-likeness (QED) is 0.771. The molecule has 2 N–H and O–H groups in total. The van der Waals surface area contributed by atoms with Crippen LogP contribution in [0.4, 0.5) is 0 Å². The highest BCUT2D eigenvalue weighted by Crippen LogP contribution is 2.27. The third kappa shape index (κ3) is 1.91. The second-order valence-corrected chi connectivity index (χ2v) is 5.24. The maximum absolute atomic E-state index is 5.83. The van der Waals surface area contributed by atoms with Crippen LogP contribution >= 0.6 is 0 Å². The van der Waals surface area contributed by atoms with E-state index in [1.165, 1.54) is 28.0 Å². The minimum atomic E-state index is 0.571. The lowest BCUT2D eigenvalue weighted by Gasteiger charge is -2.14. The highest BCUT2D eigenvalue weighted by atomic mass is 15.0. The Balaban J connectivity index is 2.37. The van der Waals surface area contributed by atoms with Crippen molar-refractivity contribution in [3.05, 3.63) is 59.0 Å². The first kappa shape index (κ1) is 12.9. The van der Waals surface area contributed by atoms with E-state index in [1.54, 1.807) is 0 Å². The molecule has 0 saturated carbocycles. The predicted octanol–water partition coefficient (Wildman–Crippen LogP) is 3.41. The monoisotopic (exact) mass is 265 g/mol. The van der Waals surface area contributed by atoms with Gasteiger partial charge in [-0.15, -0.1) is 0 Å². The van der Waals surface area contributed by atoms with Crippen LogP contribution in [0.5, 0.6) is 0 Å². The summed E-state index contributed by atoms with van der Waals surface area (Å²) in [6.07, 6.45) is 0. The van der Waals surface area contributed by atoms with Gasteiger partial charge in [0.25, 0.3) is 0 Å². The van der Waals surface area contributed by atoms with Crippen LogP contribution in [0.2, 0.25) is 0 Å². The topological polar surface area (TPSA) is 43.8 Å². The van der Waals surface area contributed by atoms with Gasteiger partial charge in [-0.25, -0.2) is 0 Å². The second kappa shape index (κ2) is 4.76. The van der Waals surface area contributed by atoms with E-state index >= 15 is 0 Å². The molecule has 1 aromatic carbocycles. The van der Waals surface area contributed by atoms with Gasteiger partial charge in [0, 0.05) is 29.0 Å². The van der Waals surface area contributed by atoms with Crippen molar-refractivity contribution in [2.75, 3.05) is 0 Å². The molecule has 3 heteroatoms. The molecule has 0 aliphatic carbocycles. The van der Waals surface area contributed by atoms with Gasteiger partial charge >= 0.3 is 0 Å². The molecule has 0 aliphatic heterocycles. The normalized spacial score (nSPS) is 11.2. The Bertz CT molecular complexity index is 784. The summed E-state index contributed by atoms with van der Waals surface area (Å²) in [6, 6.07) is 12.6. The standard InChI is InChI=1S/C17H19N3/c1-11-8-17(15-6-4-5-7-16(15)19-11)20-12(2)9-14(10-18)13(20)3/h4-9H,10,18H2,1-3H3. The van der Waals surface area contributed by atoms with Crippen LogP contribution in [0, 0.1) is 20.8 Å². The van der Waals surface area contributed by atoms with Crippen molar-refractivity contribution in [1.29, 1.82) is 0 Å². The fourth-order valence-corrected chi connectivity index (χ4v) is 2.88. The van der Waals surface area contributed by atoms with Crippen LogP contribution in [0.1, 0.15) is 22.6 Å². The van der Waals surface area contributed by atoms with Crippen LogP contribution in [0.3, 0.4) is 0 Å². The molecule has 0 fully saturated rings. The Labute approximate surface area is 119 Å². The SMILES string of the molecule is Cc1cc(-n2c(C)cc(CN)c2C)c2ccccc2n1. The molecule has 0 saturated heterocycles.